The van der Waals surface area contributed by atoms with Crippen molar-refractivity contribution in [2.45, 2.75) is 24.7 Å². The van der Waals surface area contributed by atoms with Gasteiger partial charge in [-0.3, -0.25) is 0 Å². The molecule has 0 aliphatic heterocycles. The lowest BCUT2D eigenvalue weighted by Crippen LogP contribution is -1.89. The fraction of sp³-hybridized carbons (Fsp3) is 0.222. The molecule has 0 bridgehead atoms. The van der Waals surface area contributed by atoms with Crippen LogP contribution in [0.5, 0.6) is 11.5 Å². The number of thioether (sulfide) groups is 1. The molecule has 2 nitrogen and oxygen atoms in total. The highest BCUT2D eigenvalue weighted by Crippen LogP contribution is 2.30. The molecule has 110 valence electrons. The number of hydrogen-bond donors (Lipinski definition) is 1. The molecular weight excluding hydrogens is 280 g/mol. The lowest BCUT2D eigenvalue weighted by atomic mass is 10.0. The van der Waals surface area contributed by atoms with Crippen molar-refractivity contribution < 1.29 is 9.84 Å². The smallest absolute Gasteiger partial charge is 0.123 e. The summed E-state index contributed by atoms with van der Waals surface area (Å²) in [5.41, 5.74) is 2.27. The van der Waals surface area contributed by atoms with Crippen LogP contribution in [0.3, 0.4) is 0 Å². The van der Waals surface area contributed by atoms with Crippen molar-refractivity contribution in [2.24, 2.45) is 0 Å². The normalized spacial score (nSPS) is 11.2. The van der Waals surface area contributed by atoms with Gasteiger partial charge in [0, 0.05) is 11.0 Å². The first kappa shape index (κ1) is 15.5. The number of aromatic hydroxyl groups is 1. The van der Waals surface area contributed by atoms with Crippen molar-refractivity contribution >= 4 is 17.8 Å². The first-order chi connectivity index (χ1) is 10.1. The molecule has 0 aliphatic carbocycles. The van der Waals surface area contributed by atoms with Crippen molar-refractivity contribution in [1.82, 2.24) is 0 Å². The Balaban J connectivity index is 2.14. The third kappa shape index (κ3) is 4.30. The number of benzene rings is 2. The van der Waals surface area contributed by atoms with Gasteiger partial charge in [-0.25, -0.2) is 0 Å². The Morgan fingerprint density at radius 2 is 1.90 bits per heavy atom. The van der Waals surface area contributed by atoms with Crippen LogP contribution in [-0.4, -0.2) is 12.2 Å². The van der Waals surface area contributed by atoms with Crippen molar-refractivity contribution in [3.63, 3.8) is 0 Å². The lowest BCUT2D eigenvalue weighted by Gasteiger charge is -2.10. The van der Waals surface area contributed by atoms with Crippen LogP contribution in [0, 0.1) is 0 Å². The Morgan fingerprint density at radius 3 is 2.62 bits per heavy atom. The summed E-state index contributed by atoms with van der Waals surface area (Å²) in [5, 5.41) is 11.7. The van der Waals surface area contributed by atoms with E-state index >= 15 is 0 Å². The van der Waals surface area contributed by atoms with Gasteiger partial charge in [-0.2, -0.15) is 0 Å². The van der Waals surface area contributed by atoms with Crippen LogP contribution in [-0.2, 0) is 0 Å². The topological polar surface area (TPSA) is 29.5 Å². The zero-order chi connectivity index (χ0) is 15.2. The van der Waals surface area contributed by atoms with E-state index in [4.69, 9.17) is 4.74 Å². The average molecular weight is 300 g/mol. The zero-order valence-corrected chi connectivity index (χ0v) is 13.4. The predicted molar refractivity (Wildman–Crippen MR) is 90.1 cm³/mol. The summed E-state index contributed by atoms with van der Waals surface area (Å²) >= 11 is 1.69. The Kier molecular flexibility index (Phi) is 5.34. The highest BCUT2D eigenvalue weighted by molar-refractivity contribution is 8.02. The van der Waals surface area contributed by atoms with Gasteiger partial charge in [-0.1, -0.05) is 43.8 Å². The molecule has 2 aromatic carbocycles. The van der Waals surface area contributed by atoms with Gasteiger partial charge in [0.15, 0.2) is 0 Å². The molecule has 0 unspecified atom stereocenters. The molecule has 0 amide bonds. The van der Waals surface area contributed by atoms with Gasteiger partial charge in [0.2, 0.25) is 0 Å². The van der Waals surface area contributed by atoms with Crippen LogP contribution in [0.15, 0.2) is 52.8 Å². The van der Waals surface area contributed by atoms with Crippen LogP contribution in [0.2, 0.25) is 0 Å². The van der Waals surface area contributed by atoms with Gasteiger partial charge in [0.1, 0.15) is 11.5 Å². The Hall–Kier alpha value is -1.87. The predicted octanol–water partition coefficient (Wildman–Crippen LogP) is 5.29. The summed E-state index contributed by atoms with van der Waals surface area (Å²) in [4.78, 5) is 1.26. The van der Waals surface area contributed by atoms with E-state index in [2.05, 4.69) is 38.1 Å². The molecule has 0 aliphatic rings. The maximum Gasteiger partial charge on any atom is 0.123 e. The number of phenols is 1. The van der Waals surface area contributed by atoms with E-state index in [0.717, 1.165) is 5.56 Å². The van der Waals surface area contributed by atoms with Crippen molar-refractivity contribution in [3.8, 4) is 11.5 Å². The minimum atomic E-state index is 0.210. The largest absolute Gasteiger partial charge is 0.508 e. The second-order valence-electron chi connectivity index (χ2n) is 5.08. The molecule has 0 atom stereocenters. The van der Waals surface area contributed by atoms with E-state index < -0.39 is 0 Å². The highest BCUT2D eigenvalue weighted by Gasteiger charge is 2.04. The number of phenolic OH excluding ortho intramolecular Hbond substituents is 1. The van der Waals surface area contributed by atoms with Crippen LogP contribution in [0.4, 0.5) is 0 Å². The molecular formula is C18H20O2S. The summed E-state index contributed by atoms with van der Waals surface area (Å²) in [7, 11) is 1.59. The second kappa shape index (κ2) is 7.23. The third-order valence-electron chi connectivity index (χ3n) is 3.15. The number of ether oxygens (including phenoxy) is 1. The summed E-state index contributed by atoms with van der Waals surface area (Å²) in [6.45, 7) is 4.40. The highest BCUT2D eigenvalue weighted by atomic mass is 32.2. The van der Waals surface area contributed by atoms with Gasteiger partial charge < -0.3 is 9.84 Å². The van der Waals surface area contributed by atoms with E-state index in [1.54, 1.807) is 31.0 Å². The molecule has 3 heteroatoms. The van der Waals surface area contributed by atoms with Crippen LogP contribution >= 0.6 is 11.8 Å². The first-order valence-corrected chi connectivity index (χ1v) is 7.78. The van der Waals surface area contributed by atoms with Crippen LogP contribution in [0.25, 0.3) is 6.08 Å². The Bertz CT molecular complexity index is 633. The lowest BCUT2D eigenvalue weighted by molar-refractivity contribution is 0.407. The number of rotatable bonds is 5. The molecule has 0 aromatic heterocycles. The summed E-state index contributed by atoms with van der Waals surface area (Å²) < 4.78 is 5.15. The van der Waals surface area contributed by atoms with E-state index in [1.807, 2.05) is 17.6 Å². The van der Waals surface area contributed by atoms with Gasteiger partial charge in [0.05, 0.1) is 7.11 Å². The molecule has 0 fully saturated rings. The van der Waals surface area contributed by atoms with Gasteiger partial charge in [0.25, 0.3) is 0 Å². The average Bonchev–Trinajstić information content (AvgIpc) is 2.47. The molecule has 2 aromatic rings. The van der Waals surface area contributed by atoms with Crippen molar-refractivity contribution in [3.05, 3.63) is 59.0 Å². The van der Waals surface area contributed by atoms with E-state index in [0.29, 0.717) is 11.7 Å². The minimum absolute atomic E-state index is 0.210. The molecule has 2 rings (SSSR count). The third-order valence-corrected chi connectivity index (χ3v) is 4.04. The summed E-state index contributed by atoms with van der Waals surface area (Å²) in [6.07, 6.45) is 1.98. The maximum atomic E-state index is 9.64. The quantitative estimate of drug-likeness (QED) is 0.761. The van der Waals surface area contributed by atoms with Crippen molar-refractivity contribution in [2.75, 3.05) is 7.11 Å². The first-order valence-electron chi connectivity index (χ1n) is 6.90. The monoisotopic (exact) mass is 300 g/mol. The van der Waals surface area contributed by atoms with Gasteiger partial charge in [-0.15, -0.1) is 0 Å². The number of hydrogen-bond acceptors (Lipinski definition) is 3. The van der Waals surface area contributed by atoms with Crippen LogP contribution < -0.4 is 4.74 Å². The van der Waals surface area contributed by atoms with Gasteiger partial charge in [-0.05, 0) is 46.7 Å². The van der Waals surface area contributed by atoms with Crippen LogP contribution in [0.1, 0.15) is 30.9 Å². The SMILES string of the molecule is COc1cc(O)cc(/C=C/Sc2ccccc2C(C)C)c1. The molecule has 0 saturated heterocycles. The van der Waals surface area contributed by atoms with E-state index in [-0.39, 0.29) is 5.75 Å². The number of methoxy groups -OCH3 is 1. The second-order valence-corrected chi connectivity index (χ2v) is 6.03. The summed E-state index contributed by atoms with van der Waals surface area (Å²) in [6, 6.07) is 13.6. The maximum absolute atomic E-state index is 9.64. The fourth-order valence-corrected chi connectivity index (χ4v) is 3.04. The van der Waals surface area contributed by atoms with E-state index in [1.165, 1.54) is 10.5 Å². The standard InChI is InChI=1S/C18H20O2S/c1-13(2)17-6-4-5-7-18(17)21-9-8-14-10-15(19)12-16(11-14)20-3/h4-13,19H,1-3H3/b9-8+. The minimum Gasteiger partial charge on any atom is -0.508 e. The molecule has 1 N–H and O–H groups in total. The molecule has 0 saturated carbocycles. The van der Waals surface area contributed by atoms with E-state index in [9.17, 15) is 5.11 Å². The molecule has 21 heavy (non-hydrogen) atoms. The fourth-order valence-electron chi connectivity index (χ4n) is 2.07. The molecule has 0 spiro atoms. The Morgan fingerprint density at radius 1 is 1.14 bits per heavy atom. The summed E-state index contributed by atoms with van der Waals surface area (Å²) in [5.74, 6) is 1.37. The Labute approximate surface area is 130 Å². The zero-order valence-electron chi connectivity index (χ0n) is 12.5. The van der Waals surface area contributed by atoms with Crippen molar-refractivity contribution in [1.29, 1.82) is 0 Å². The van der Waals surface area contributed by atoms with Gasteiger partial charge >= 0.3 is 0 Å². The molecule has 0 radical (unpaired) electrons. The molecule has 0 heterocycles.